The second kappa shape index (κ2) is 10.3. The van der Waals surface area contributed by atoms with Crippen LogP contribution in [0.5, 0.6) is 17.2 Å². The van der Waals surface area contributed by atoms with Gasteiger partial charge in [0.2, 0.25) is 0 Å². The van der Waals surface area contributed by atoms with Crippen molar-refractivity contribution in [2.24, 2.45) is 0 Å². The molecule has 35 heavy (non-hydrogen) atoms. The van der Waals surface area contributed by atoms with Crippen LogP contribution in [-0.2, 0) is 9.59 Å². The number of carbonyl (C=O) groups is 2. The number of ketones is 1. The number of rotatable bonds is 8. The first kappa shape index (κ1) is 23.9. The van der Waals surface area contributed by atoms with E-state index in [9.17, 15) is 14.7 Å². The first-order valence-electron chi connectivity index (χ1n) is 11.4. The smallest absolute Gasteiger partial charge is 0.300 e. The summed E-state index contributed by atoms with van der Waals surface area (Å²) in [4.78, 5) is 28.1. The molecule has 0 bridgehead atoms. The molecular formula is C28H27NO6. The van der Waals surface area contributed by atoms with Crippen LogP contribution in [0.1, 0.15) is 31.0 Å². The van der Waals surface area contributed by atoms with Crippen molar-refractivity contribution in [1.29, 1.82) is 0 Å². The van der Waals surface area contributed by atoms with Crippen LogP contribution in [0.3, 0.4) is 0 Å². The summed E-state index contributed by atoms with van der Waals surface area (Å²) in [5.41, 5.74) is 1.52. The van der Waals surface area contributed by atoms with E-state index in [0.29, 0.717) is 47.3 Å². The highest BCUT2D eigenvalue weighted by molar-refractivity contribution is 6.51. The zero-order valence-electron chi connectivity index (χ0n) is 19.9. The van der Waals surface area contributed by atoms with E-state index in [-0.39, 0.29) is 11.3 Å². The number of anilines is 1. The number of hydrogen-bond donors (Lipinski definition) is 1. The summed E-state index contributed by atoms with van der Waals surface area (Å²) in [6.45, 7) is 4.58. The van der Waals surface area contributed by atoms with Crippen LogP contribution in [0.25, 0.3) is 5.76 Å². The number of amides is 1. The van der Waals surface area contributed by atoms with Gasteiger partial charge in [-0.05, 0) is 43.7 Å². The summed E-state index contributed by atoms with van der Waals surface area (Å²) in [5.74, 6) is -0.251. The Morgan fingerprint density at radius 3 is 2.29 bits per heavy atom. The molecular weight excluding hydrogens is 446 g/mol. The van der Waals surface area contributed by atoms with E-state index in [4.69, 9.17) is 14.2 Å². The fourth-order valence-corrected chi connectivity index (χ4v) is 4.17. The van der Waals surface area contributed by atoms with Crippen molar-refractivity contribution in [3.05, 3.63) is 89.5 Å². The lowest BCUT2D eigenvalue weighted by atomic mass is 9.95. The molecule has 1 saturated heterocycles. The van der Waals surface area contributed by atoms with Gasteiger partial charge in [0.1, 0.15) is 11.5 Å². The summed E-state index contributed by atoms with van der Waals surface area (Å²) < 4.78 is 16.7. The molecule has 3 aromatic rings. The second-order valence-corrected chi connectivity index (χ2v) is 7.81. The second-order valence-electron chi connectivity index (χ2n) is 7.81. The molecule has 1 heterocycles. The molecule has 3 aromatic carbocycles. The molecule has 0 saturated carbocycles. The first-order valence-corrected chi connectivity index (χ1v) is 11.4. The van der Waals surface area contributed by atoms with Crippen molar-refractivity contribution in [2.75, 3.05) is 25.2 Å². The Hall–Kier alpha value is -4.26. The lowest BCUT2D eigenvalue weighted by Gasteiger charge is -2.26. The molecule has 1 fully saturated rings. The van der Waals surface area contributed by atoms with E-state index in [0.717, 1.165) is 0 Å². The van der Waals surface area contributed by atoms with E-state index >= 15 is 0 Å². The van der Waals surface area contributed by atoms with Crippen molar-refractivity contribution in [1.82, 2.24) is 0 Å². The van der Waals surface area contributed by atoms with Gasteiger partial charge in [-0.1, -0.05) is 42.5 Å². The number of aliphatic hydroxyl groups is 1. The van der Waals surface area contributed by atoms with Crippen molar-refractivity contribution in [2.45, 2.75) is 19.9 Å². The summed E-state index contributed by atoms with van der Waals surface area (Å²) in [5, 5.41) is 11.3. The third kappa shape index (κ3) is 4.57. The van der Waals surface area contributed by atoms with Crippen LogP contribution in [-0.4, -0.2) is 37.1 Å². The highest BCUT2D eigenvalue weighted by Crippen LogP contribution is 2.44. The molecule has 1 amide bonds. The zero-order chi connectivity index (χ0) is 24.9. The highest BCUT2D eigenvalue weighted by atomic mass is 16.5. The third-order valence-corrected chi connectivity index (χ3v) is 5.71. The number of nitrogens with zero attached hydrogens (tertiary/aromatic N) is 1. The number of methoxy groups -OCH3 is 1. The first-order chi connectivity index (χ1) is 17.0. The number of benzene rings is 3. The Balaban J connectivity index is 1.90. The van der Waals surface area contributed by atoms with Crippen molar-refractivity contribution in [3.63, 3.8) is 0 Å². The largest absolute Gasteiger partial charge is 0.507 e. The van der Waals surface area contributed by atoms with Crippen molar-refractivity contribution in [3.8, 4) is 17.2 Å². The molecule has 1 atom stereocenters. The fourth-order valence-electron chi connectivity index (χ4n) is 4.17. The standard InChI is InChI=1S/C28H27NO6/c1-4-34-22-15-14-20(17-23(22)35-5-2)29-25(18-10-7-6-8-11-18)24(27(31)28(29)32)26(30)19-12-9-13-21(16-19)33-3/h6-17,25,30H,4-5H2,1-3H3/b26-24+. The van der Waals surface area contributed by atoms with Gasteiger partial charge < -0.3 is 19.3 Å². The molecule has 0 spiro atoms. The maximum atomic E-state index is 13.4. The zero-order valence-corrected chi connectivity index (χ0v) is 19.9. The molecule has 7 nitrogen and oxygen atoms in total. The molecule has 7 heteroatoms. The fraction of sp³-hybridized carbons (Fsp3) is 0.214. The van der Waals surface area contributed by atoms with Crippen molar-refractivity contribution < 1.29 is 28.9 Å². The topological polar surface area (TPSA) is 85.3 Å². The van der Waals surface area contributed by atoms with Crippen LogP contribution in [0.15, 0.2) is 78.4 Å². The number of ether oxygens (including phenoxy) is 3. The average Bonchev–Trinajstić information content (AvgIpc) is 3.15. The van der Waals surface area contributed by atoms with Gasteiger partial charge in [-0.15, -0.1) is 0 Å². The van der Waals surface area contributed by atoms with Crippen LogP contribution < -0.4 is 19.1 Å². The Kier molecular flexibility index (Phi) is 7.06. The summed E-state index contributed by atoms with van der Waals surface area (Å²) >= 11 is 0. The minimum atomic E-state index is -0.838. The number of hydrogen-bond acceptors (Lipinski definition) is 6. The molecule has 1 aliphatic heterocycles. The molecule has 1 N–H and O–H groups in total. The molecule has 0 radical (unpaired) electrons. The predicted octanol–water partition coefficient (Wildman–Crippen LogP) is 5.12. The van der Waals surface area contributed by atoms with Gasteiger partial charge in [-0.2, -0.15) is 0 Å². The molecule has 1 unspecified atom stereocenters. The van der Waals surface area contributed by atoms with E-state index < -0.39 is 17.7 Å². The lowest BCUT2D eigenvalue weighted by Crippen LogP contribution is -2.29. The number of Topliss-reactive ketones (excluding diaryl/α,β-unsaturated/α-hetero) is 1. The van der Waals surface area contributed by atoms with Gasteiger partial charge in [0.05, 0.1) is 31.9 Å². The quantitative estimate of drug-likeness (QED) is 0.278. The SMILES string of the molecule is CCOc1ccc(N2C(=O)C(=O)/C(=C(/O)c3cccc(OC)c3)C2c2ccccc2)cc1OCC. The predicted molar refractivity (Wildman–Crippen MR) is 133 cm³/mol. The third-order valence-electron chi connectivity index (χ3n) is 5.71. The minimum absolute atomic E-state index is 0.00120. The van der Waals surface area contributed by atoms with Gasteiger partial charge in [0, 0.05) is 17.3 Å². The molecule has 0 aliphatic carbocycles. The molecule has 0 aromatic heterocycles. The maximum Gasteiger partial charge on any atom is 0.300 e. The number of aliphatic hydroxyl groups excluding tert-OH is 1. The van der Waals surface area contributed by atoms with Crippen molar-refractivity contribution >= 4 is 23.1 Å². The molecule has 1 aliphatic rings. The van der Waals surface area contributed by atoms with Gasteiger partial charge in [0.25, 0.3) is 11.7 Å². The molecule has 180 valence electrons. The van der Waals surface area contributed by atoms with E-state index in [1.165, 1.54) is 12.0 Å². The van der Waals surface area contributed by atoms with Crippen LogP contribution >= 0.6 is 0 Å². The van der Waals surface area contributed by atoms with Gasteiger partial charge in [-0.25, -0.2) is 0 Å². The highest BCUT2D eigenvalue weighted by Gasteiger charge is 2.47. The van der Waals surface area contributed by atoms with E-state index in [1.807, 2.05) is 44.2 Å². The van der Waals surface area contributed by atoms with Crippen LogP contribution in [0, 0.1) is 0 Å². The minimum Gasteiger partial charge on any atom is -0.507 e. The normalized spacial score (nSPS) is 16.9. The lowest BCUT2D eigenvalue weighted by molar-refractivity contribution is -0.132. The number of carbonyl (C=O) groups excluding carboxylic acids is 2. The maximum absolute atomic E-state index is 13.4. The summed E-state index contributed by atoms with van der Waals surface area (Å²) in [7, 11) is 1.52. The van der Waals surface area contributed by atoms with E-state index in [1.54, 1.807) is 42.5 Å². The Labute approximate surface area is 204 Å². The van der Waals surface area contributed by atoms with Gasteiger partial charge in [0.15, 0.2) is 11.5 Å². The summed E-state index contributed by atoms with van der Waals surface area (Å²) in [6, 6.07) is 20.1. The Morgan fingerprint density at radius 1 is 0.886 bits per heavy atom. The van der Waals surface area contributed by atoms with Gasteiger partial charge >= 0.3 is 0 Å². The van der Waals surface area contributed by atoms with Gasteiger partial charge in [-0.3, -0.25) is 14.5 Å². The van der Waals surface area contributed by atoms with E-state index in [2.05, 4.69) is 0 Å². The van der Waals surface area contributed by atoms with Crippen LogP contribution in [0.4, 0.5) is 5.69 Å². The Morgan fingerprint density at radius 2 is 1.60 bits per heavy atom. The average molecular weight is 474 g/mol. The van der Waals surface area contributed by atoms with Crippen LogP contribution in [0.2, 0.25) is 0 Å². The molecule has 4 rings (SSSR count). The monoisotopic (exact) mass is 473 g/mol. The Bertz CT molecular complexity index is 1270. The summed E-state index contributed by atoms with van der Waals surface area (Å²) in [6.07, 6.45) is 0.